The van der Waals surface area contributed by atoms with Gasteiger partial charge < -0.3 is 9.73 Å². The summed E-state index contributed by atoms with van der Waals surface area (Å²) in [5.74, 6) is 2.47. The fraction of sp³-hybridized carbons (Fsp3) is 0.750. The Morgan fingerprint density at radius 1 is 1.44 bits per heavy atom. The van der Waals surface area contributed by atoms with Gasteiger partial charge in [0.15, 0.2) is 0 Å². The zero-order valence-corrected chi connectivity index (χ0v) is 12.2. The average molecular weight is 249 g/mol. The van der Waals surface area contributed by atoms with Crippen LogP contribution in [0.25, 0.3) is 0 Å². The molecule has 1 N–H and O–H groups in total. The molecule has 1 aliphatic carbocycles. The van der Waals surface area contributed by atoms with Gasteiger partial charge in [-0.1, -0.05) is 27.7 Å². The highest BCUT2D eigenvalue weighted by Gasteiger charge is 2.36. The Balaban J connectivity index is 2.07. The molecule has 0 aromatic carbocycles. The summed E-state index contributed by atoms with van der Waals surface area (Å²) in [6, 6.07) is 4.73. The molecule has 0 spiro atoms. The van der Waals surface area contributed by atoms with Gasteiger partial charge in [0, 0.05) is 12.0 Å². The maximum atomic E-state index is 5.68. The summed E-state index contributed by atoms with van der Waals surface area (Å²) in [6.45, 7) is 10.3. The largest absolute Gasteiger partial charge is 0.469 e. The number of hydrogen-bond acceptors (Lipinski definition) is 2. The molecule has 1 aromatic rings. The standard InChI is InChI=1S/C16H27NO/c1-12(2)17-11-13-7-8-16(3,4)10-14(13)15-6-5-9-18-15/h5-6,9,12-14,17H,7-8,10-11H2,1-4H3. The Hall–Kier alpha value is -0.760. The molecule has 2 heteroatoms. The third-order valence-corrected chi connectivity index (χ3v) is 4.23. The van der Waals surface area contributed by atoms with Gasteiger partial charge in [0.1, 0.15) is 5.76 Å². The van der Waals surface area contributed by atoms with Gasteiger partial charge >= 0.3 is 0 Å². The Morgan fingerprint density at radius 2 is 2.22 bits per heavy atom. The van der Waals surface area contributed by atoms with Gasteiger partial charge in [-0.05, 0) is 49.3 Å². The fourth-order valence-electron chi connectivity index (χ4n) is 3.11. The van der Waals surface area contributed by atoms with Gasteiger partial charge in [0.25, 0.3) is 0 Å². The van der Waals surface area contributed by atoms with Crippen LogP contribution in [-0.2, 0) is 0 Å². The molecule has 2 atom stereocenters. The van der Waals surface area contributed by atoms with Crippen LogP contribution in [0.4, 0.5) is 0 Å². The first-order chi connectivity index (χ1) is 8.48. The second kappa shape index (κ2) is 5.48. The molecule has 1 aromatic heterocycles. The van der Waals surface area contributed by atoms with E-state index in [1.807, 2.05) is 12.3 Å². The predicted octanol–water partition coefficient (Wildman–Crippen LogP) is 4.19. The first-order valence-corrected chi connectivity index (χ1v) is 7.25. The van der Waals surface area contributed by atoms with Crippen LogP contribution in [0.2, 0.25) is 0 Å². The Kier molecular flexibility index (Phi) is 4.16. The van der Waals surface area contributed by atoms with Crippen molar-refractivity contribution in [1.29, 1.82) is 0 Å². The summed E-state index contributed by atoms with van der Waals surface area (Å²) in [5, 5.41) is 3.59. The van der Waals surface area contributed by atoms with E-state index >= 15 is 0 Å². The SMILES string of the molecule is CC(C)NCC1CCC(C)(C)CC1c1ccco1. The molecule has 2 rings (SSSR count). The summed E-state index contributed by atoms with van der Waals surface area (Å²) in [6.07, 6.45) is 5.68. The van der Waals surface area contributed by atoms with Crippen molar-refractivity contribution in [2.24, 2.45) is 11.3 Å². The summed E-state index contributed by atoms with van der Waals surface area (Å²) in [5.41, 5.74) is 0.450. The molecule has 18 heavy (non-hydrogen) atoms. The highest BCUT2D eigenvalue weighted by Crippen LogP contribution is 2.46. The summed E-state index contributed by atoms with van der Waals surface area (Å²) < 4.78 is 5.68. The molecule has 1 fully saturated rings. The van der Waals surface area contributed by atoms with E-state index in [0.29, 0.717) is 23.3 Å². The molecule has 2 unspecified atom stereocenters. The molecule has 0 aliphatic heterocycles. The van der Waals surface area contributed by atoms with Gasteiger partial charge in [-0.15, -0.1) is 0 Å². The highest BCUT2D eigenvalue weighted by molar-refractivity contribution is 5.10. The normalized spacial score (nSPS) is 27.6. The summed E-state index contributed by atoms with van der Waals surface area (Å²) in [7, 11) is 0. The lowest BCUT2D eigenvalue weighted by atomic mass is 9.66. The van der Waals surface area contributed by atoms with Gasteiger partial charge in [0.05, 0.1) is 6.26 Å². The number of rotatable bonds is 4. The average Bonchev–Trinajstić information content (AvgIpc) is 2.79. The zero-order chi connectivity index (χ0) is 13.2. The van der Waals surface area contributed by atoms with E-state index in [1.165, 1.54) is 25.0 Å². The molecule has 102 valence electrons. The smallest absolute Gasteiger partial charge is 0.107 e. The van der Waals surface area contributed by atoms with Gasteiger partial charge in [-0.2, -0.15) is 0 Å². The first-order valence-electron chi connectivity index (χ1n) is 7.25. The third-order valence-electron chi connectivity index (χ3n) is 4.23. The molecule has 0 saturated heterocycles. The summed E-state index contributed by atoms with van der Waals surface area (Å²) in [4.78, 5) is 0. The lowest BCUT2D eigenvalue weighted by Gasteiger charge is -2.40. The molecule has 0 radical (unpaired) electrons. The predicted molar refractivity (Wildman–Crippen MR) is 75.7 cm³/mol. The minimum absolute atomic E-state index is 0.450. The van der Waals surface area contributed by atoms with E-state index < -0.39 is 0 Å². The Labute approximate surface area is 111 Å². The van der Waals surface area contributed by atoms with E-state index in [0.717, 1.165) is 6.54 Å². The van der Waals surface area contributed by atoms with Gasteiger partial charge in [-0.25, -0.2) is 0 Å². The van der Waals surface area contributed by atoms with Crippen LogP contribution in [0.5, 0.6) is 0 Å². The van der Waals surface area contributed by atoms with Gasteiger partial charge in [0.2, 0.25) is 0 Å². The van der Waals surface area contributed by atoms with E-state index in [4.69, 9.17) is 4.42 Å². The maximum Gasteiger partial charge on any atom is 0.107 e. The van der Waals surface area contributed by atoms with Crippen molar-refractivity contribution >= 4 is 0 Å². The monoisotopic (exact) mass is 249 g/mol. The summed E-state index contributed by atoms with van der Waals surface area (Å²) >= 11 is 0. The minimum atomic E-state index is 0.450. The lowest BCUT2D eigenvalue weighted by Crippen LogP contribution is -2.36. The van der Waals surface area contributed by atoms with E-state index in [1.54, 1.807) is 0 Å². The van der Waals surface area contributed by atoms with E-state index in [-0.39, 0.29) is 0 Å². The van der Waals surface area contributed by atoms with Crippen molar-refractivity contribution in [3.8, 4) is 0 Å². The van der Waals surface area contributed by atoms with Gasteiger partial charge in [-0.3, -0.25) is 0 Å². The number of hydrogen-bond donors (Lipinski definition) is 1. The van der Waals surface area contributed by atoms with Crippen molar-refractivity contribution in [2.45, 2.75) is 58.9 Å². The van der Waals surface area contributed by atoms with Crippen LogP contribution < -0.4 is 5.32 Å². The van der Waals surface area contributed by atoms with Crippen molar-refractivity contribution in [2.75, 3.05) is 6.54 Å². The molecule has 1 heterocycles. The van der Waals surface area contributed by atoms with Crippen LogP contribution >= 0.6 is 0 Å². The number of furan rings is 1. The first kappa shape index (κ1) is 13.7. The molecular weight excluding hydrogens is 222 g/mol. The van der Waals surface area contributed by atoms with Crippen LogP contribution in [0.3, 0.4) is 0 Å². The third kappa shape index (κ3) is 3.38. The van der Waals surface area contributed by atoms with Crippen LogP contribution in [0.15, 0.2) is 22.8 Å². The maximum absolute atomic E-state index is 5.68. The molecule has 2 nitrogen and oxygen atoms in total. The lowest BCUT2D eigenvalue weighted by molar-refractivity contribution is 0.144. The van der Waals surface area contributed by atoms with E-state index in [9.17, 15) is 0 Å². The van der Waals surface area contributed by atoms with Crippen LogP contribution in [0.1, 0.15) is 58.6 Å². The van der Waals surface area contributed by atoms with Crippen molar-refractivity contribution in [1.82, 2.24) is 5.32 Å². The minimum Gasteiger partial charge on any atom is -0.469 e. The van der Waals surface area contributed by atoms with Crippen LogP contribution in [0, 0.1) is 11.3 Å². The van der Waals surface area contributed by atoms with Crippen molar-refractivity contribution in [3.05, 3.63) is 24.2 Å². The van der Waals surface area contributed by atoms with Crippen molar-refractivity contribution < 1.29 is 4.42 Å². The molecule has 1 aliphatic rings. The molecular formula is C16H27NO. The molecule has 0 amide bonds. The second-order valence-corrected chi connectivity index (χ2v) is 6.85. The quantitative estimate of drug-likeness (QED) is 0.865. The zero-order valence-electron chi connectivity index (χ0n) is 12.2. The topological polar surface area (TPSA) is 25.2 Å². The van der Waals surface area contributed by atoms with Crippen molar-refractivity contribution in [3.63, 3.8) is 0 Å². The second-order valence-electron chi connectivity index (χ2n) is 6.85. The number of nitrogens with one attached hydrogen (secondary N) is 1. The fourth-order valence-corrected chi connectivity index (χ4v) is 3.11. The Morgan fingerprint density at radius 3 is 2.83 bits per heavy atom. The molecule has 1 saturated carbocycles. The van der Waals surface area contributed by atoms with E-state index in [2.05, 4.69) is 39.1 Å². The molecule has 0 bridgehead atoms. The Bertz CT molecular complexity index is 351. The highest BCUT2D eigenvalue weighted by atomic mass is 16.3. The van der Waals surface area contributed by atoms with Crippen LogP contribution in [-0.4, -0.2) is 12.6 Å².